The van der Waals surface area contributed by atoms with E-state index in [0.29, 0.717) is 36.7 Å². The Balaban J connectivity index is 1.35. The Morgan fingerprint density at radius 3 is 2.38 bits per heavy atom. The van der Waals surface area contributed by atoms with E-state index in [1.54, 1.807) is 29.2 Å². The van der Waals surface area contributed by atoms with Crippen molar-refractivity contribution in [3.05, 3.63) is 65.2 Å². The van der Waals surface area contributed by atoms with Crippen LogP contribution >= 0.6 is 0 Å². The molecule has 2 fully saturated rings. The van der Waals surface area contributed by atoms with Gasteiger partial charge in [0, 0.05) is 37.1 Å². The van der Waals surface area contributed by atoms with Crippen LogP contribution in [0.5, 0.6) is 0 Å². The molecule has 2 aromatic carbocycles. The zero-order valence-corrected chi connectivity index (χ0v) is 18.3. The van der Waals surface area contributed by atoms with Gasteiger partial charge in [0.25, 0.3) is 5.91 Å². The zero-order valence-electron chi connectivity index (χ0n) is 18.3. The van der Waals surface area contributed by atoms with Crippen LogP contribution in [0.25, 0.3) is 0 Å². The minimum atomic E-state index is -1.87. The second kappa shape index (κ2) is 8.08. The van der Waals surface area contributed by atoms with Crippen LogP contribution in [0.2, 0.25) is 0 Å². The third-order valence-corrected chi connectivity index (χ3v) is 6.80. The summed E-state index contributed by atoms with van der Waals surface area (Å²) in [5.41, 5.74) is 0.815. The van der Waals surface area contributed by atoms with Gasteiger partial charge in [0.2, 0.25) is 0 Å². The van der Waals surface area contributed by atoms with Gasteiger partial charge in [-0.3, -0.25) is 19.4 Å². The molecule has 0 bridgehead atoms. The van der Waals surface area contributed by atoms with Crippen LogP contribution in [-0.4, -0.2) is 60.5 Å². The van der Waals surface area contributed by atoms with Gasteiger partial charge in [-0.15, -0.1) is 0 Å². The van der Waals surface area contributed by atoms with Crippen LogP contribution in [0.4, 0.5) is 5.69 Å². The molecule has 3 aliphatic rings. The second-order valence-corrected chi connectivity index (χ2v) is 8.94. The molecule has 32 heavy (non-hydrogen) atoms. The molecule has 0 saturated carbocycles. The van der Waals surface area contributed by atoms with Crippen molar-refractivity contribution in [1.82, 2.24) is 4.90 Å². The van der Waals surface area contributed by atoms with E-state index in [4.69, 9.17) is 9.47 Å². The molecular formula is C25H28N2O5. The number of likely N-dealkylation sites (tertiary alicyclic amines) is 1. The van der Waals surface area contributed by atoms with E-state index < -0.39 is 17.3 Å². The van der Waals surface area contributed by atoms with E-state index in [1.165, 1.54) is 0 Å². The average molecular weight is 437 g/mol. The molecule has 2 aromatic rings. The Kier molecular flexibility index (Phi) is 5.37. The Morgan fingerprint density at radius 2 is 1.69 bits per heavy atom. The minimum Gasteiger partial charge on any atom is -0.375 e. The summed E-state index contributed by atoms with van der Waals surface area (Å²) in [6.07, 6.45) is 1.20. The number of piperidine rings is 1. The maximum absolute atomic E-state index is 13.5. The Morgan fingerprint density at radius 1 is 1.03 bits per heavy atom. The van der Waals surface area contributed by atoms with Crippen molar-refractivity contribution in [3.63, 3.8) is 0 Å². The lowest BCUT2D eigenvalue weighted by atomic mass is 9.88. The molecule has 2 saturated heterocycles. The van der Waals surface area contributed by atoms with Crippen molar-refractivity contribution in [1.29, 1.82) is 0 Å². The first-order valence-electron chi connectivity index (χ1n) is 11.1. The molecular weight excluding hydrogens is 408 g/mol. The third-order valence-electron chi connectivity index (χ3n) is 6.80. The van der Waals surface area contributed by atoms with Crippen LogP contribution in [0, 0.1) is 6.92 Å². The highest BCUT2D eigenvalue weighted by Gasteiger charge is 2.51. The number of aliphatic hydroxyl groups is 1. The van der Waals surface area contributed by atoms with Gasteiger partial charge in [0.1, 0.15) is 0 Å². The standard InChI is InChI=1S/C25H28N2O5/c1-18-6-8-19(9-7-18)22(28)16-25(30)20-4-2-3-5-21(20)27(23(25)29)17-26-12-10-24(11-13-26)31-14-15-32-24/h2-9,30H,10-17H2,1H3/t25-/m1/s1. The van der Waals surface area contributed by atoms with Crippen molar-refractivity contribution in [2.75, 3.05) is 37.9 Å². The van der Waals surface area contributed by atoms with E-state index in [1.807, 2.05) is 31.2 Å². The van der Waals surface area contributed by atoms with Gasteiger partial charge in [-0.1, -0.05) is 48.0 Å². The van der Waals surface area contributed by atoms with Crippen molar-refractivity contribution in [2.24, 2.45) is 0 Å². The summed E-state index contributed by atoms with van der Waals surface area (Å²) in [7, 11) is 0. The number of Topliss-reactive ketones (excluding diaryl/α,β-unsaturated/α-hetero) is 1. The first-order chi connectivity index (χ1) is 15.4. The molecule has 1 atom stereocenters. The predicted molar refractivity (Wildman–Crippen MR) is 118 cm³/mol. The van der Waals surface area contributed by atoms with Crippen LogP contribution in [0.15, 0.2) is 48.5 Å². The fraction of sp³-hybridized carbons (Fsp3) is 0.440. The summed E-state index contributed by atoms with van der Waals surface area (Å²) in [5, 5.41) is 11.5. The first kappa shape index (κ1) is 21.3. The number of anilines is 1. The molecule has 0 radical (unpaired) electrons. The van der Waals surface area contributed by atoms with Crippen molar-refractivity contribution >= 4 is 17.4 Å². The molecule has 3 aliphatic heterocycles. The normalized spacial score (nSPS) is 24.8. The summed E-state index contributed by atoms with van der Waals surface area (Å²) in [6, 6.07) is 14.4. The topological polar surface area (TPSA) is 79.3 Å². The van der Waals surface area contributed by atoms with Gasteiger partial charge in [0.05, 0.1) is 32.0 Å². The zero-order chi connectivity index (χ0) is 22.3. The fourth-order valence-electron chi connectivity index (χ4n) is 4.91. The van der Waals surface area contributed by atoms with Crippen molar-refractivity contribution < 1.29 is 24.2 Å². The smallest absolute Gasteiger partial charge is 0.265 e. The highest BCUT2D eigenvalue weighted by atomic mass is 16.7. The van der Waals surface area contributed by atoms with Crippen LogP contribution in [-0.2, 0) is 19.9 Å². The molecule has 3 heterocycles. The summed E-state index contributed by atoms with van der Waals surface area (Å²) in [4.78, 5) is 30.2. The number of para-hydroxylation sites is 1. The number of hydrogen-bond donors (Lipinski definition) is 1. The van der Waals surface area contributed by atoms with Gasteiger partial charge in [-0.25, -0.2) is 0 Å². The summed E-state index contributed by atoms with van der Waals surface area (Å²) in [6.45, 7) is 5.01. The van der Waals surface area contributed by atoms with Crippen LogP contribution in [0.1, 0.15) is 40.7 Å². The summed E-state index contributed by atoms with van der Waals surface area (Å²) < 4.78 is 11.6. The number of fused-ring (bicyclic) bond motifs is 1. The number of ether oxygens (including phenoxy) is 2. The Bertz CT molecular complexity index is 1020. The van der Waals surface area contributed by atoms with E-state index in [-0.39, 0.29) is 12.2 Å². The minimum absolute atomic E-state index is 0.257. The number of rotatable bonds is 5. The molecule has 7 heteroatoms. The summed E-state index contributed by atoms with van der Waals surface area (Å²) >= 11 is 0. The molecule has 0 unspecified atom stereocenters. The van der Waals surface area contributed by atoms with Gasteiger partial charge in [-0.05, 0) is 13.0 Å². The second-order valence-electron chi connectivity index (χ2n) is 8.94. The number of aryl methyl sites for hydroxylation is 1. The monoisotopic (exact) mass is 436 g/mol. The molecule has 1 spiro atoms. The fourth-order valence-corrected chi connectivity index (χ4v) is 4.91. The molecule has 7 nitrogen and oxygen atoms in total. The highest BCUT2D eigenvalue weighted by molar-refractivity contribution is 6.10. The average Bonchev–Trinajstić information content (AvgIpc) is 3.33. The van der Waals surface area contributed by atoms with E-state index in [9.17, 15) is 14.7 Å². The van der Waals surface area contributed by atoms with E-state index in [0.717, 1.165) is 31.5 Å². The molecule has 0 aromatic heterocycles. The Hall–Kier alpha value is -2.58. The third kappa shape index (κ3) is 3.65. The highest BCUT2D eigenvalue weighted by Crippen LogP contribution is 2.43. The molecule has 0 aliphatic carbocycles. The van der Waals surface area contributed by atoms with E-state index >= 15 is 0 Å². The largest absolute Gasteiger partial charge is 0.375 e. The van der Waals surface area contributed by atoms with Crippen LogP contribution < -0.4 is 4.90 Å². The molecule has 1 N–H and O–H groups in total. The lowest BCUT2D eigenvalue weighted by Gasteiger charge is -2.39. The molecule has 5 rings (SSSR count). The maximum Gasteiger partial charge on any atom is 0.265 e. The SMILES string of the molecule is Cc1ccc(C(=O)C[C@]2(O)C(=O)N(CN3CCC4(CC3)OCCO4)c3ccccc32)cc1. The van der Waals surface area contributed by atoms with E-state index in [2.05, 4.69) is 4.90 Å². The number of amides is 1. The van der Waals surface area contributed by atoms with Crippen molar-refractivity contribution in [3.8, 4) is 0 Å². The van der Waals surface area contributed by atoms with Gasteiger partial charge >= 0.3 is 0 Å². The molecule has 168 valence electrons. The van der Waals surface area contributed by atoms with Crippen molar-refractivity contribution in [2.45, 2.75) is 37.6 Å². The summed E-state index contributed by atoms with van der Waals surface area (Å²) in [5.74, 6) is -1.19. The number of nitrogens with zero attached hydrogens (tertiary/aromatic N) is 2. The van der Waals surface area contributed by atoms with Crippen LogP contribution in [0.3, 0.4) is 0 Å². The first-order valence-corrected chi connectivity index (χ1v) is 11.1. The number of ketones is 1. The maximum atomic E-state index is 13.5. The predicted octanol–water partition coefficient (Wildman–Crippen LogP) is 2.60. The number of hydrogen-bond acceptors (Lipinski definition) is 6. The van der Waals surface area contributed by atoms with Gasteiger partial charge < -0.3 is 14.6 Å². The lowest BCUT2D eigenvalue weighted by molar-refractivity contribution is -0.185. The number of carbonyl (C=O) groups excluding carboxylic acids is 2. The lowest BCUT2D eigenvalue weighted by Crippen LogP contribution is -2.51. The quantitative estimate of drug-likeness (QED) is 0.726. The van der Waals surface area contributed by atoms with Gasteiger partial charge in [0.15, 0.2) is 17.2 Å². The Labute approximate surface area is 187 Å². The molecule has 1 amide bonds. The number of benzene rings is 2. The van der Waals surface area contributed by atoms with Gasteiger partial charge in [-0.2, -0.15) is 0 Å². The number of carbonyl (C=O) groups is 2.